The number of hydrogen-bond donors (Lipinski definition) is 2. The number of nitrogens with one attached hydrogen (secondary N) is 2. The number of hydrogen-bond acceptors (Lipinski definition) is 4. The summed E-state index contributed by atoms with van der Waals surface area (Å²) in [6.45, 7) is 4.35. The highest BCUT2D eigenvalue weighted by molar-refractivity contribution is 5.92. The van der Waals surface area contributed by atoms with Gasteiger partial charge in [-0.15, -0.1) is 0 Å². The molecule has 25 heavy (non-hydrogen) atoms. The number of nitrogens with zero attached hydrogens (tertiary/aromatic N) is 2. The van der Waals surface area contributed by atoms with Crippen LogP contribution in [-0.2, 0) is 9.53 Å². The fourth-order valence-corrected chi connectivity index (χ4v) is 3.33. The van der Waals surface area contributed by atoms with Crippen LogP contribution in [0.4, 0.5) is 10.6 Å². The second kappa shape index (κ2) is 8.29. The predicted octanol–water partition coefficient (Wildman–Crippen LogP) is 1.93. The summed E-state index contributed by atoms with van der Waals surface area (Å²) in [6.07, 6.45) is 5.45. The lowest BCUT2D eigenvalue weighted by atomic mass is 9.97. The standard InChI is InChI=1S/C18H26N4O3/c1-13-5-2-8-19-16(13)21-17(23)14-6-3-9-22(12-14)18(24)20-11-15-7-4-10-25-15/h2,5,8,14-15H,3-4,6-7,9-12H2,1H3,(H,20,24)(H,19,21,23)/t14-,15+/m0/s1. The summed E-state index contributed by atoms with van der Waals surface area (Å²) in [7, 11) is 0. The minimum atomic E-state index is -0.205. The summed E-state index contributed by atoms with van der Waals surface area (Å²) in [5.41, 5.74) is 0.929. The smallest absolute Gasteiger partial charge is 0.317 e. The quantitative estimate of drug-likeness (QED) is 0.872. The van der Waals surface area contributed by atoms with E-state index >= 15 is 0 Å². The Morgan fingerprint density at radius 1 is 1.36 bits per heavy atom. The van der Waals surface area contributed by atoms with Gasteiger partial charge in [0.15, 0.2) is 0 Å². The van der Waals surface area contributed by atoms with Gasteiger partial charge in [0.1, 0.15) is 5.82 Å². The van der Waals surface area contributed by atoms with Crippen LogP contribution in [0.3, 0.4) is 0 Å². The molecule has 2 saturated heterocycles. The van der Waals surface area contributed by atoms with Crippen molar-refractivity contribution in [2.45, 2.75) is 38.7 Å². The molecule has 0 spiro atoms. The Labute approximate surface area is 148 Å². The van der Waals surface area contributed by atoms with E-state index in [2.05, 4.69) is 15.6 Å². The minimum Gasteiger partial charge on any atom is -0.376 e. The van der Waals surface area contributed by atoms with E-state index < -0.39 is 0 Å². The number of rotatable bonds is 4. The van der Waals surface area contributed by atoms with Crippen LogP contribution in [0.5, 0.6) is 0 Å². The van der Waals surface area contributed by atoms with Crippen molar-refractivity contribution in [2.75, 3.05) is 31.6 Å². The van der Waals surface area contributed by atoms with Crippen LogP contribution >= 0.6 is 0 Å². The first-order valence-electron chi connectivity index (χ1n) is 9.00. The zero-order valence-corrected chi connectivity index (χ0v) is 14.7. The second-order valence-electron chi connectivity index (χ2n) is 6.76. The Balaban J connectivity index is 1.50. The van der Waals surface area contributed by atoms with Crippen LogP contribution in [-0.4, -0.2) is 54.2 Å². The normalized spacial score (nSPS) is 23.3. The van der Waals surface area contributed by atoms with Gasteiger partial charge in [-0.1, -0.05) is 6.07 Å². The summed E-state index contributed by atoms with van der Waals surface area (Å²) < 4.78 is 5.52. The average Bonchev–Trinajstić information content (AvgIpc) is 3.15. The zero-order chi connectivity index (χ0) is 17.6. The van der Waals surface area contributed by atoms with E-state index in [1.54, 1.807) is 11.1 Å². The molecule has 2 N–H and O–H groups in total. The molecule has 3 amide bonds. The molecule has 3 heterocycles. The van der Waals surface area contributed by atoms with E-state index in [-0.39, 0.29) is 24.0 Å². The van der Waals surface area contributed by atoms with Gasteiger partial charge in [-0.2, -0.15) is 0 Å². The molecule has 2 fully saturated rings. The number of ether oxygens (including phenoxy) is 1. The third-order valence-corrected chi connectivity index (χ3v) is 4.84. The molecule has 0 saturated carbocycles. The van der Waals surface area contributed by atoms with Crippen molar-refractivity contribution in [1.29, 1.82) is 0 Å². The molecule has 2 atom stereocenters. The summed E-state index contributed by atoms with van der Waals surface area (Å²) in [5.74, 6) is 0.314. The van der Waals surface area contributed by atoms with Gasteiger partial charge in [0.05, 0.1) is 12.0 Å². The average molecular weight is 346 g/mol. The van der Waals surface area contributed by atoms with Crippen LogP contribution in [0.1, 0.15) is 31.2 Å². The lowest BCUT2D eigenvalue weighted by molar-refractivity contribution is -0.121. The van der Waals surface area contributed by atoms with Crippen molar-refractivity contribution in [3.05, 3.63) is 23.9 Å². The minimum absolute atomic E-state index is 0.0709. The van der Waals surface area contributed by atoms with Crippen molar-refractivity contribution in [3.63, 3.8) is 0 Å². The van der Waals surface area contributed by atoms with Gasteiger partial charge in [-0.05, 0) is 44.2 Å². The van der Waals surface area contributed by atoms with Gasteiger partial charge in [0.2, 0.25) is 5.91 Å². The third kappa shape index (κ3) is 4.69. The Morgan fingerprint density at radius 2 is 2.24 bits per heavy atom. The maximum Gasteiger partial charge on any atom is 0.317 e. The molecule has 7 heteroatoms. The highest BCUT2D eigenvalue weighted by atomic mass is 16.5. The lowest BCUT2D eigenvalue weighted by Crippen LogP contribution is -2.49. The Bertz CT molecular complexity index is 616. The van der Waals surface area contributed by atoms with E-state index in [0.29, 0.717) is 25.5 Å². The summed E-state index contributed by atoms with van der Waals surface area (Å²) in [6, 6.07) is 3.64. The number of carbonyl (C=O) groups excluding carboxylic acids is 2. The number of carbonyl (C=O) groups is 2. The van der Waals surface area contributed by atoms with Crippen LogP contribution in [0, 0.1) is 12.8 Å². The first-order chi connectivity index (χ1) is 12.1. The highest BCUT2D eigenvalue weighted by Gasteiger charge is 2.29. The number of likely N-dealkylation sites (tertiary alicyclic amines) is 1. The van der Waals surface area contributed by atoms with Crippen molar-refractivity contribution in [3.8, 4) is 0 Å². The highest BCUT2D eigenvalue weighted by Crippen LogP contribution is 2.19. The van der Waals surface area contributed by atoms with E-state index in [1.807, 2.05) is 19.1 Å². The lowest BCUT2D eigenvalue weighted by Gasteiger charge is -2.32. The first-order valence-corrected chi connectivity index (χ1v) is 9.00. The topological polar surface area (TPSA) is 83.6 Å². The molecule has 1 aromatic heterocycles. The third-order valence-electron chi connectivity index (χ3n) is 4.84. The van der Waals surface area contributed by atoms with Crippen molar-refractivity contribution < 1.29 is 14.3 Å². The molecule has 3 rings (SSSR count). The Kier molecular flexibility index (Phi) is 5.86. The molecule has 0 aliphatic carbocycles. The fraction of sp³-hybridized carbons (Fsp3) is 0.611. The Morgan fingerprint density at radius 3 is 3.00 bits per heavy atom. The van der Waals surface area contributed by atoms with Crippen LogP contribution in [0.25, 0.3) is 0 Å². The SMILES string of the molecule is Cc1cccnc1NC(=O)[C@H]1CCCN(C(=O)NC[C@H]2CCCO2)C1. The number of aromatic nitrogens is 1. The maximum atomic E-state index is 12.5. The van der Waals surface area contributed by atoms with Crippen LogP contribution in [0.15, 0.2) is 18.3 Å². The molecule has 1 aromatic rings. The molecular weight excluding hydrogens is 320 g/mol. The molecule has 2 aliphatic heterocycles. The predicted molar refractivity (Wildman–Crippen MR) is 94.3 cm³/mol. The number of pyridine rings is 1. The zero-order valence-electron chi connectivity index (χ0n) is 14.7. The maximum absolute atomic E-state index is 12.5. The molecule has 0 bridgehead atoms. The second-order valence-corrected chi connectivity index (χ2v) is 6.76. The van der Waals surface area contributed by atoms with Gasteiger partial charge < -0.3 is 20.3 Å². The van der Waals surface area contributed by atoms with Gasteiger partial charge in [-0.3, -0.25) is 4.79 Å². The monoisotopic (exact) mass is 346 g/mol. The number of aryl methyl sites for hydroxylation is 1. The Hall–Kier alpha value is -2.15. The van der Waals surface area contributed by atoms with Crippen LogP contribution < -0.4 is 10.6 Å². The number of amides is 3. The van der Waals surface area contributed by atoms with E-state index in [0.717, 1.165) is 37.9 Å². The molecule has 0 aromatic carbocycles. The first kappa shape index (κ1) is 17.7. The van der Waals surface area contributed by atoms with E-state index in [9.17, 15) is 9.59 Å². The fourth-order valence-electron chi connectivity index (χ4n) is 3.33. The molecule has 7 nitrogen and oxygen atoms in total. The largest absolute Gasteiger partial charge is 0.376 e. The molecular formula is C18H26N4O3. The van der Waals surface area contributed by atoms with Crippen molar-refractivity contribution in [2.24, 2.45) is 5.92 Å². The van der Waals surface area contributed by atoms with Crippen molar-refractivity contribution >= 4 is 17.8 Å². The summed E-state index contributed by atoms with van der Waals surface area (Å²) >= 11 is 0. The van der Waals surface area contributed by atoms with Gasteiger partial charge >= 0.3 is 6.03 Å². The van der Waals surface area contributed by atoms with Crippen LogP contribution in [0.2, 0.25) is 0 Å². The number of anilines is 1. The van der Waals surface area contributed by atoms with Gasteiger partial charge in [0.25, 0.3) is 0 Å². The van der Waals surface area contributed by atoms with E-state index in [4.69, 9.17) is 4.74 Å². The van der Waals surface area contributed by atoms with Gasteiger partial charge in [-0.25, -0.2) is 9.78 Å². The summed E-state index contributed by atoms with van der Waals surface area (Å²) in [4.78, 5) is 30.8. The number of urea groups is 1. The molecule has 2 aliphatic rings. The molecule has 136 valence electrons. The van der Waals surface area contributed by atoms with E-state index in [1.165, 1.54) is 0 Å². The molecule has 0 unspecified atom stereocenters. The molecule has 0 radical (unpaired) electrons. The van der Waals surface area contributed by atoms with Gasteiger partial charge in [0, 0.05) is 32.4 Å². The van der Waals surface area contributed by atoms with Crippen molar-refractivity contribution in [1.82, 2.24) is 15.2 Å². The number of piperidine rings is 1. The summed E-state index contributed by atoms with van der Waals surface area (Å²) in [5, 5.41) is 5.82.